The lowest BCUT2D eigenvalue weighted by Gasteiger charge is -2.35. The summed E-state index contributed by atoms with van der Waals surface area (Å²) in [4.78, 5) is 53.7. The number of non-ortho nitro benzene ring substituents is 2. The van der Waals surface area contributed by atoms with E-state index in [4.69, 9.17) is 14.2 Å². The first kappa shape index (κ1) is 29.7. The van der Waals surface area contributed by atoms with Gasteiger partial charge >= 0.3 is 12.1 Å². The number of nitro benzene ring substituents is 2. The number of amidine groups is 1. The number of hydrogen-bond donors (Lipinski definition) is 0. The predicted octanol–water partition coefficient (Wildman–Crippen LogP) is 5.80. The minimum atomic E-state index is -1.13. The molecule has 3 aromatic carbocycles. The Morgan fingerprint density at radius 3 is 1.95 bits per heavy atom. The van der Waals surface area contributed by atoms with Crippen molar-refractivity contribution in [2.24, 2.45) is 4.99 Å². The Morgan fingerprint density at radius 1 is 0.881 bits per heavy atom. The number of ether oxygens (including phenoxy) is 3. The van der Waals surface area contributed by atoms with Gasteiger partial charge in [0.05, 0.1) is 35.3 Å². The summed E-state index contributed by atoms with van der Waals surface area (Å²) in [6.07, 6.45) is -0.943. The zero-order valence-corrected chi connectivity index (χ0v) is 23.4. The van der Waals surface area contributed by atoms with Crippen molar-refractivity contribution in [1.29, 1.82) is 0 Å². The fourth-order valence-corrected chi connectivity index (χ4v) is 5.11. The largest absolute Gasteiger partial charge is 0.497 e. The van der Waals surface area contributed by atoms with Crippen LogP contribution >= 0.6 is 11.8 Å². The molecule has 0 N–H and O–H groups in total. The van der Waals surface area contributed by atoms with Crippen LogP contribution in [0.5, 0.6) is 11.5 Å². The number of thioether (sulfide) groups is 1. The van der Waals surface area contributed by atoms with E-state index in [0.717, 1.165) is 10.5 Å². The van der Waals surface area contributed by atoms with Crippen molar-refractivity contribution in [2.75, 3.05) is 14.2 Å². The Labute approximate surface area is 243 Å². The molecular weight excluding hydrogens is 568 g/mol. The number of methoxy groups -OCH3 is 2. The van der Waals surface area contributed by atoms with Crippen LogP contribution < -0.4 is 9.47 Å². The lowest BCUT2D eigenvalue weighted by atomic mass is 9.94. The van der Waals surface area contributed by atoms with Crippen molar-refractivity contribution in [3.63, 3.8) is 0 Å². The topological polar surface area (TPSA) is 164 Å². The summed E-state index contributed by atoms with van der Waals surface area (Å²) in [7, 11) is 2.74. The number of amides is 1. The molecule has 14 heteroatoms. The van der Waals surface area contributed by atoms with Crippen LogP contribution in [0.1, 0.15) is 24.1 Å². The van der Waals surface area contributed by atoms with Crippen LogP contribution in [0.15, 0.2) is 89.1 Å². The quantitative estimate of drug-likeness (QED) is 0.177. The fourth-order valence-electron chi connectivity index (χ4n) is 4.10. The zero-order valence-electron chi connectivity index (χ0n) is 22.6. The minimum Gasteiger partial charge on any atom is -0.497 e. The summed E-state index contributed by atoms with van der Waals surface area (Å²) in [5, 5.41) is 22.5. The van der Waals surface area contributed by atoms with Crippen molar-refractivity contribution in [1.82, 2.24) is 4.90 Å². The zero-order chi connectivity index (χ0) is 30.4. The first-order valence-electron chi connectivity index (χ1n) is 12.3. The summed E-state index contributed by atoms with van der Waals surface area (Å²) in [6.45, 7) is 1.59. The van der Waals surface area contributed by atoms with E-state index in [-0.39, 0.29) is 33.6 Å². The van der Waals surface area contributed by atoms with E-state index in [0.29, 0.717) is 17.1 Å². The van der Waals surface area contributed by atoms with Gasteiger partial charge < -0.3 is 14.2 Å². The lowest BCUT2D eigenvalue weighted by molar-refractivity contribution is -0.385. The minimum absolute atomic E-state index is 0.0125. The molecular formula is C28H24N4O9S. The van der Waals surface area contributed by atoms with E-state index in [1.165, 1.54) is 67.4 Å². The molecule has 0 bridgehead atoms. The van der Waals surface area contributed by atoms with Crippen LogP contribution in [0.25, 0.3) is 0 Å². The van der Waals surface area contributed by atoms with Gasteiger partial charge in [-0.25, -0.2) is 19.5 Å². The van der Waals surface area contributed by atoms with Gasteiger partial charge in [0.15, 0.2) is 5.17 Å². The number of rotatable bonds is 8. The van der Waals surface area contributed by atoms with E-state index in [1.54, 1.807) is 26.2 Å². The predicted molar refractivity (Wildman–Crippen MR) is 153 cm³/mol. The van der Waals surface area contributed by atoms with Crippen molar-refractivity contribution < 1.29 is 33.6 Å². The van der Waals surface area contributed by atoms with E-state index < -0.39 is 28.0 Å². The number of nitro groups is 2. The maximum atomic E-state index is 13.8. The second-order valence-corrected chi connectivity index (χ2v) is 9.70. The molecule has 3 aromatic rings. The number of benzene rings is 3. The molecule has 0 aromatic heterocycles. The standard InChI is InChI=1S/C28H24N4O9S/c1-17-24(26(33)40-3)25(19-6-8-20(9-7-19)31(35)36)30(28(34)41-23-14-10-21(11-15-23)32(37)38)27(29-17)42-16-18-4-12-22(39-2)13-5-18/h4-15,25H,16H2,1-3H3. The second-order valence-electron chi connectivity index (χ2n) is 8.76. The van der Waals surface area contributed by atoms with Crippen molar-refractivity contribution in [3.8, 4) is 11.5 Å². The fraction of sp³-hybridized carbons (Fsp3) is 0.179. The van der Waals surface area contributed by atoms with Crippen LogP contribution in [0.3, 0.4) is 0 Å². The molecule has 0 fully saturated rings. The van der Waals surface area contributed by atoms with Gasteiger partial charge in [-0.2, -0.15) is 0 Å². The number of allylic oxidation sites excluding steroid dienone is 1. The average Bonchev–Trinajstić information content (AvgIpc) is 2.99. The molecule has 216 valence electrons. The highest BCUT2D eigenvalue weighted by Gasteiger charge is 2.41. The monoisotopic (exact) mass is 592 g/mol. The maximum absolute atomic E-state index is 13.8. The van der Waals surface area contributed by atoms with Gasteiger partial charge in [0.2, 0.25) is 0 Å². The second kappa shape index (κ2) is 13.0. The Kier molecular flexibility index (Phi) is 9.17. The van der Waals surface area contributed by atoms with Crippen LogP contribution in [-0.2, 0) is 15.3 Å². The number of nitrogens with zero attached hydrogens (tertiary/aromatic N) is 4. The van der Waals surface area contributed by atoms with E-state index in [2.05, 4.69) is 4.99 Å². The molecule has 0 saturated heterocycles. The number of carbonyl (C=O) groups is 2. The van der Waals surface area contributed by atoms with Gasteiger partial charge in [0.25, 0.3) is 11.4 Å². The number of hydrogen-bond acceptors (Lipinski definition) is 11. The molecule has 0 saturated carbocycles. The summed E-state index contributed by atoms with van der Waals surface area (Å²) in [6, 6.07) is 16.5. The average molecular weight is 593 g/mol. The smallest absolute Gasteiger partial charge is 0.422 e. The highest BCUT2D eigenvalue weighted by atomic mass is 32.2. The number of aliphatic imine (C=N–C) groups is 1. The molecule has 0 spiro atoms. The highest BCUT2D eigenvalue weighted by molar-refractivity contribution is 8.13. The van der Waals surface area contributed by atoms with Gasteiger partial charge in [0.1, 0.15) is 17.5 Å². The summed E-state index contributed by atoms with van der Waals surface area (Å²) < 4.78 is 15.8. The van der Waals surface area contributed by atoms with E-state index >= 15 is 0 Å². The third kappa shape index (κ3) is 6.55. The van der Waals surface area contributed by atoms with Gasteiger partial charge in [0, 0.05) is 30.0 Å². The third-order valence-electron chi connectivity index (χ3n) is 6.19. The molecule has 1 atom stereocenters. The first-order valence-corrected chi connectivity index (χ1v) is 13.2. The maximum Gasteiger partial charge on any atom is 0.422 e. The SMILES string of the molecule is COC(=O)C1=C(C)N=C(SCc2ccc(OC)cc2)N(C(=O)Oc2ccc([N+](=O)[O-])cc2)C1c1ccc([N+](=O)[O-])cc1. The van der Waals surface area contributed by atoms with Crippen molar-refractivity contribution >= 4 is 40.4 Å². The van der Waals surface area contributed by atoms with Crippen LogP contribution in [0.4, 0.5) is 16.2 Å². The van der Waals surface area contributed by atoms with Crippen LogP contribution in [0, 0.1) is 20.2 Å². The van der Waals surface area contributed by atoms with Gasteiger partial charge in [-0.15, -0.1) is 0 Å². The molecule has 1 amide bonds. The molecule has 0 aliphatic carbocycles. The van der Waals surface area contributed by atoms with Gasteiger partial charge in [-0.3, -0.25) is 20.2 Å². The first-order chi connectivity index (χ1) is 20.1. The van der Waals surface area contributed by atoms with Crippen molar-refractivity contribution in [2.45, 2.75) is 18.7 Å². The van der Waals surface area contributed by atoms with E-state index in [1.807, 2.05) is 12.1 Å². The molecule has 0 radical (unpaired) electrons. The molecule has 13 nitrogen and oxygen atoms in total. The van der Waals surface area contributed by atoms with Gasteiger partial charge in [-0.05, 0) is 54.4 Å². The van der Waals surface area contributed by atoms with Crippen molar-refractivity contribution in [3.05, 3.63) is 115 Å². The van der Waals surface area contributed by atoms with E-state index in [9.17, 15) is 29.8 Å². The molecule has 1 heterocycles. The Balaban J connectivity index is 1.77. The molecule has 4 rings (SSSR count). The number of esters is 1. The Hall–Kier alpha value is -5.24. The van der Waals surface area contributed by atoms with Crippen LogP contribution in [0.2, 0.25) is 0 Å². The van der Waals surface area contributed by atoms with Crippen LogP contribution in [-0.4, -0.2) is 46.2 Å². The third-order valence-corrected chi connectivity index (χ3v) is 7.22. The summed E-state index contributed by atoms with van der Waals surface area (Å²) >= 11 is 1.20. The summed E-state index contributed by atoms with van der Waals surface area (Å²) in [5.74, 6) is 0.301. The van der Waals surface area contributed by atoms with Gasteiger partial charge in [-0.1, -0.05) is 23.9 Å². The molecule has 1 aliphatic heterocycles. The normalized spacial score (nSPS) is 14.6. The highest BCUT2D eigenvalue weighted by Crippen LogP contribution is 2.40. The summed E-state index contributed by atoms with van der Waals surface area (Å²) in [5.41, 5.74) is 1.18. The molecule has 42 heavy (non-hydrogen) atoms. The molecule has 1 unspecified atom stereocenters. The Morgan fingerprint density at radius 2 is 1.43 bits per heavy atom. The Bertz CT molecular complexity index is 1570. The molecule has 1 aliphatic rings. The number of carbonyl (C=O) groups excluding carboxylic acids is 2. The lowest BCUT2D eigenvalue weighted by Crippen LogP contribution is -2.44.